The second kappa shape index (κ2) is 4.28. The first-order valence-electron chi connectivity index (χ1n) is 5.04. The average molecular weight is 239 g/mol. The normalized spacial score (nSPS) is 27.8. The molecule has 0 aliphatic heterocycles. The second-order valence-corrected chi connectivity index (χ2v) is 5.07. The Morgan fingerprint density at radius 3 is 2.54 bits per heavy atom. The molecule has 1 aromatic rings. The molecule has 0 amide bonds. The number of hydrogen-bond donors (Lipinski definition) is 0. The Morgan fingerprint density at radius 2 is 1.92 bits per heavy atom. The molecule has 13 heavy (non-hydrogen) atoms. The molecular weight excluding hydrogens is 224 g/mol. The van der Waals surface area contributed by atoms with Crippen LogP contribution < -0.4 is 0 Å². The lowest BCUT2D eigenvalue weighted by molar-refractivity contribution is 0.563. The van der Waals surface area contributed by atoms with E-state index in [1.807, 2.05) is 0 Å². The van der Waals surface area contributed by atoms with Crippen molar-refractivity contribution in [2.75, 3.05) is 0 Å². The summed E-state index contributed by atoms with van der Waals surface area (Å²) in [7, 11) is 0. The van der Waals surface area contributed by atoms with E-state index in [0.717, 1.165) is 10.7 Å². The summed E-state index contributed by atoms with van der Waals surface area (Å²) in [5.41, 5.74) is 1.49. The van der Waals surface area contributed by atoms with Gasteiger partial charge in [0, 0.05) is 4.83 Å². The van der Waals surface area contributed by atoms with E-state index >= 15 is 0 Å². The van der Waals surface area contributed by atoms with Crippen LogP contribution in [0.15, 0.2) is 30.3 Å². The number of hydrogen-bond acceptors (Lipinski definition) is 0. The van der Waals surface area contributed by atoms with Crippen LogP contribution >= 0.6 is 15.9 Å². The third-order valence-corrected chi connectivity index (χ3v) is 4.11. The maximum atomic E-state index is 3.76. The van der Waals surface area contributed by atoms with Gasteiger partial charge < -0.3 is 0 Å². The van der Waals surface area contributed by atoms with Crippen molar-refractivity contribution in [2.45, 2.75) is 30.5 Å². The summed E-state index contributed by atoms with van der Waals surface area (Å²) in [4.78, 5) is 0.757. The van der Waals surface area contributed by atoms with Crippen molar-refractivity contribution in [3.8, 4) is 0 Å². The summed E-state index contributed by atoms with van der Waals surface area (Å²) in [6.07, 6.45) is 5.40. The molecule has 1 saturated carbocycles. The van der Waals surface area contributed by atoms with E-state index in [-0.39, 0.29) is 0 Å². The third-order valence-electron chi connectivity index (χ3n) is 2.91. The van der Waals surface area contributed by atoms with Gasteiger partial charge in [0.15, 0.2) is 0 Å². The fraction of sp³-hybridized carbons (Fsp3) is 0.500. The van der Waals surface area contributed by atoms with Crippen LogP contribution in [-0.2, 0) is 6.42 Å². The van der Waals surface area contributed by atoms with Crippen molar-refractivity contribution < 1.29 is 0 Å². The minimum atomic E-state index is 0.757. The first-order valence-corrected chi connectivity index (χ1v) is 5.96. The molecule has 0 nitrogen and oxygen atoms in total. The minimum absolute atomic E-state index is 0.757. The van der Waals surface area contributed by atoms with Gasteiger partial charge in [0.25, 0.3) is 0 Å². The van der Waals surface area contributed by atoms with Crippen LogP contribution in [0.2, 0.25) is 0 Å². The van der Waals surface area contributed by atoms with Crippen LogP contribution in [0.3, 0.4) is 0 Å². The molecule has 1 fully saturated rings. The monoisotopic (exact) mass is 238 g/mol. The maximum absolute atomic E-state index is 3.76. The van der Waals surface area contributed by atoms with Crippen molar-refractivity contribution >= 4 is 15.9 Å². The van der Waals surface area contributed by atoms with Crippen LogP contribution in [0.5, 0.6) is 0 Å². The topological polar surface area (TPSA) is 0 Å². The molecule has 0 saturated heterocycles. The van der Waals surface area contributed by atoms with Gasteiger partial charge in [0.2, 0.25) is 0 Å². The molecule has 0 spiro atoms. The zero-order chi connectivity index (χ0) is 9.10. The Balaban J connectivity index is 1.98. The highest BCUT2D eigenvalue weighted by atomic mass is 79.9. The summed E-state index contributed by atoms with van der Waals surface area (Å²) < 4.78 is 0. The number of rotatable bonds is 2. The summed E-state index contributed by atoms with van der Waals surface area (Å²) in [5.74, 6) is 0.863. The number of halogens is 1. The first-order chi connectivity index (χ1) is 6.36. The minimum Gasteiger partial charge on any atom is -0.0888 e. The lowest BCUT2D eigenvalue weighted by atomic mass is 9.98. The predicted octanol–water partition coefficient (Wildman–Crippen LogP) is 3.79. The van der Waals surface area contributed by atoms with E-state index in [0.29, 0.717) is 0 Å². The van der Waals surface area contributed by atoms with Gasteiger partial charge >= 0.3 is 0 Å². The zero-order valence-electron chi connectivity index (χ0n) is 7.75. The lowest BCUT2D eigenvalue weighted by Crippen LogP contribution is -2.09. The Hall–Kier alpha value is -0.300. The molecule has 0 N–H and O–H groups in total. The van der Waals surface area contributed by atoms with Crippen molar-refractivity contribution in [2.24, 2.45) is 5.92 Å². The third kappa shape index (κ3) is 2.34. The van der Waals surface area contributed by atoms with E-state index in [2.05, 4.69) is 46.3 Å². The molecule has 70 valence electrons. The Labute approximate surface area is 88.5 Å². The van der Waals surface area contributed by atoms with Crippen LogP contribution in [0, 0.1) is 5.92 Å². The molecule has 0 radical (unpaired) electrons. The SMILES string of the molecule is BrC1CCCC1Cc1ccccc1. The van der Waals surface area contributed by atoms with Crippen molar-refractivity contribution in [1.29, 1.82) is 0 Å². The molecule has 1 aliphatic carbocycles. The van der Waals surface area contributed by atoms with Crippen LogP contribution in [0.4, 0.5) is 0 Å². The Bertz CT molecular complexity index is 255. The maximum Gasteiger partial charge on any atom is 0.0177 e. The average Bonchev–Trinajstić information content (AvgIpc) is 2.54. The van der Waals surface area contributed by atoms with Gasteiger partial charge in [0.1, 0.15) is 0 Å². The summed E-state index contributed by atoms with van der Waals surface area (Å²) in [5, 5.41) is 0. The summed E-state index contributed by atoms with van der Waals surface area (Å²) in [6.45, 7) is 0. The molecule has 1 heteroatoms. The highest BCUT2D eigenvalue weighted by molar-refractivity contribution is 9.09. The highest BCUT2D eigenvalue weighted by Gasteiger charge is 2.24. The zero-order valence-corrected chi connectivity index (χ0v) is 9.33. The van der Waals surface area contributed by atoms with Gasteiger partial charge in [-0.25, -0.2) is 0 Å². The first kappa shape index (κ1) is 9.26. The van der Waals surface area contributed by atoms with E-state index in [1.54, 1.807) is 0 Å². The number of alkyl halides is 1. The largest absolute Gasteiger partial charge is 0.0888 e. The predicted molar refractivity (Wildman–Crippen MR) is 60.2 cm³/mol. The summed E-state index contributed by atoms with van der Waals surface area (Å²) >= 11 is 3.76. The van der Waals surface area contributed by atoms with Crippen LogP contribution in [0.1, 0.15) is 24.8 Å². The fourth-order valence-corrected chi connectivity index (χ4v) is 2.91. The molecular formula is C12H15Br. The standard InChI is InChI=1S/C12H15Br/c13-12-8-4-7-11(12)9-10-5-2-1-3-6-10/h1-3,5-6,11-12H,4,7-9H2. The highest BCUT2D eigenvalue weighted by Crippen LogP contribution is 2.33. The Morgan fingerprint density at radius 1 is 1.15 bits per heavy atom. The van der Waals surface area contributed by atoms with E-state index in [1.165, 1.54) is 31.2 Å². The summed E-state index contributed by atoms with van der Waals surface area (Å²) in [6, 6.07) is 10.8. The molecule has 0 aromatic heterocycles. The molecule has 0 bridgehead atoms. The fourth-order valence-electron chi connectivity index (χ4n) is 2.14. The van der Waals surface area contributed by atoms with Crippen LogP contribution in [-0.4, -0.2) is 4.83 Å². The quantitative estimate of drug-likeness (QED) is 0.689. The van der Waals surface area contributed by atoms with Crippen molar-refractivity contribution in [3.63, 3.8) is 0 Å². The van der Waals surface area contributed by atoms with Gasteiger partial charge in [-0.15, -0.1) is 0 Å². The van der Waals surface area contributed by atoms with Gasteiger partial charge in [0.05, 0.1) is 0 Å². The van der Waals surface area contributed by atoms with E-state index in [4.69, 9.17) is 0 Å². The molecule has 0 heterocycles. The van der Waals surface area contributed by atoms with E-state index < -0.39 is 0 Å². The van der Waals surface area contributed by atoms with Gasteiger partial charge in [-0.1, -0.05) is 52.7 Å². The molecule has 2 rings (SSSR count). The lowest BCUT2D eigenvalue weighted by Gasteiger charge is -2.13. The van der Waals surface area contributed by atoms with Crippen LogP contribution in [0.25, 0.3) is 0 Å². The Kier molecular flexibility index (Phi) is 3.05. The van der Waals surface area contributed by atoms with Crippen molar-refractivity contribution in [1.82, 2.24) is 0 Å². The molecule has 2 unspecified atom stereocenters. The number of benzene rings is 1. The van der Waals surface area contributed by atoms with Gasteiger partial charge in [-0.3, -0.25) is 0 Å². The second-order valence-electron chi connectivity index (χ2n) is 3.90. The van der Waals surface area contributed by atoms with E-state index in [9.17, 15) is 0 Å². The van der Waals surface area contributed by atoms with Gasteiger partial charge in [-0.2, -0.15) is 0 Å². The molecule has 1 aromatic carbocycles. The van der Waals surface area contributed by atoms with Gasteiger partial charge in [-0.05, 0) is 30.7 Å². The molecule has 2 atom stereocenters. The molecule has 1 aliphatic rings. The van der Waals surface area contributed by atoms with Crippen molar-refractivity contribution in [3.05, 3.63) is 35.9 Å². The smallest absolute Gasteiger partial charge is 0.0177 e.